The summed E-state index contributed by atoms with van der Waals surface area (Å²) in [5.41, 5.74) is 2.91. The number of hydrogen-bond acceptors (Lipinski definition) is 4. The van der Waals surface area contributed by atoms with Gasteiger partial charge in [0.15, 0.2) is 5.11 Å². The number of benzene rings is 1. The molecule has 2 N–H and O–H groups in total. The second-order valence-corrected chi connectivity index (χ2v) is 8.60. The van der Waals surface area contributed by atoms with Gasteiger partial charge in [0, 0.05) is 24.4 Å². The Balaban J connectivity index is 1.78. The lowest BCUT2D eigenvalue weighted by atomic mass is 9.94. The second kappa shape index (κ2) is 10.8. The zero-order chi connectivity index (χ0) is 22.4. The van der Waals surface area contributed by atoms with E-state index in [1.165, 1.54) is 25.7 Å². The lowest BCUT2D eigenvalue weighted by Gasteiger charge is -2.37. The van der Waals surface area contributed by atoms with Crippen molar-refractivity contribution in [3.63, 3.8) is 0 Å². The molecule has 1 amide bonds. The van der Waals surface area contributed by atoms with Crippen molar-refractivity contribution < 1.29 is 14.3 Å². The molecule has 1 unspecified atom stereocenters. The van der Waals surface area contributed by atoms with Gasteiger partial charge in [0.25, 0.3) is 0 Å². The Labute approximate surface area is 190 Å². The van der Waals surface area contributed by atoms with Gasteiger partial charge in [-0.3, -0.25) is 4.79 Å². The number of thiocarbonyl (C=S) groups is 1. The Morgan fingerprint density at radius 1 is 1.26 bits per heavy atom. The van der Waals surface area contributed by atoms with E-state index in [-0.39, 0.29) is 11.9 Å². The molecule has 1 aromatic carbocycles. The third-order valence-corrected chi connectivity index (χ3v) is 6.50. The van der Waals surface area contributed by atoms with Gasteiger partial charge in [-0.25, -0.2) is 4.79 Å². The normalized spacial score (nSPS) is 19.4. The molecule has 1 heterocycles. The molecule has 0 bridgehead atoms. The molecular weight excluding hydrogens is 410 g/mol. The number of carbonyl (C=O) groups excluding carboxylic acids is 2. The van der Waals surface area contributed by atoms with Gasteiger partial charge in [-0.2, -0.15) is 0 Å². The van der Waals surface area contributed by atoms with Crippen molar-refractivity contribution >= 4 is 34.9 Å². The summed E-state index contributed by atoms with van der Waals surface area (Å²) < 4.78 is 5.33. The highest BCUT2D eigenvalue weighted by Gasteiger charge is 2.34. The van der Waals surface area contributed by atoms with Crippen LogP contribution in [0.5, 0.6) is 0 Å². The van der Waals surface area contributed by atoms with Crippen LogP contribution < -0.4 is 10.6 Å². The molecule has 0 radical (unpaired) electrons. The van der Waals surface area contributed by atoms with Crippen LogP contribution in [0.15, 0.2) is 35.5 Å². The first-order valence-electron chi connectivity index (χ1n) is 11.3. The highest BCUT2D eigenvalue weighted by atomic mass is 32.1. The number of nitrogens with zero attached hydrogens (tertiary/aromatic N) is 1. The summed E-state index contributed by atoms with van der Waals surface area (Å²) in [5.74, 6) is 0.362. The number of esters is 1. The minimum atomic E-state index is -0.426. The molecule has 0 spiro atoms. The maximum absolute atomic E-state index is 12.8. The molecule has 1 fully saturated rings. The molecule has 1 aliphatic carbocycles. The van der Waals surface area contributed by atoms with Crippen LogP contribution in [0.2, 0.25) is 0 Å². The van der Waals surface area contributed by atoms with Crippen molar-refractivity contribution in [3.8, 4) is 0 Å². The summed E-state index contributed by atoms with van der Waals surface area (Å²) in [6.45, 7) is 6.64. The number of nitrogens with one attached hydrogen (secondary N) is 2. The van der Waals surface area contributed by atoms with Crippen molar-refractivity contribution in [2.24, 2.45) is 5.92 Å². The van der Waals surface area contributed by atoms with Crippen molar-refractivity contribution in [2.45, 2.75) is 65.3 Å². The maximum Gasteiger partial charge on any atom is 0.338 e. The fraction of sp³-hybridized carbons (Fsp3) is 0.542. The van der Waals surface area contributed by atoms with Gasteiger partial charge in [-0.05, 0) is 63.0 Å². The van der Waals surface area contributed by atoms with Crippen LogP contribution in [-0.2, 0) is 14.3 Å². The molecule has 2 aliphatic rings. The topological polar surface area (TPSA) is 70.7 Å². The SMILES string of the molecule is CCOC(=O)C1=C(C)N(CC)C(=S)NC1c1cccc(NC(=O)CCC2CCCC2)c1. The number of anilines is 1. The van der Waals surface area contributed by atoms with E-state index in [1.54, 1.807) is 6.92 Å². The van der Waals surface area contributed by atoms with Crippen molar-refractivity contribution in [1.82, 2.24) is 10.2 Å². The van der Waals surface area contributed by atoms with E-state index in [1.807, 2.05) is 43.0 Å². The molecule has 6 nitrogen and oxygen atoms in total. The summed E-state index contributed by atoms with van der Waals surface area (Å²) >= 11 is 5.53. The predicted molar refractivity (Wildman–Crippen MR) is 126 cm³/mol. The van der Waals surface area contributed by atoms with Crippen LogP contribution in [0.3, 0.4) is 0 Å². The van der Waals surface area contributed by atoms with Crippen LogP contribution in [0.4, 0.5) is 5.69 Å². The van der Waals surface area contributed by atoms with Gasteiger partial charge < -0.3 is 20.3 Å². The number of hydrogen-bond donors (Lipinski definition) is 2. The maximum atomic E-state index is 12.8. The van der Waals surface area contributed by atoms with Crippen LogP contribution in [-0.4, -0.2) is 35.0 Å². The molecule has 1 saturated carbocycles. The molecule has 1 atom stereocenters. The second-order valence-electron chi connectivity index (χ2n) is 8.21. The molecule has 31 heavy (non-hydrogen) atoms. The van der Waals surface area contributed by atoms with Gasteiger partial charge in [0.2, 0.25) is 5.91 Å². The average Bonchev–Trinajstić information content (AvgIpc) is 3.26. The summed E-state index contributed by atoms with van der Waals surface area (Å²) in [6.07, 6.45) is 6.55. The molecular formula is C24H33N3O3S. The van der Waals surface area contributed by atoms with Gasteiger partial charge in [0.05, 0.1) is 18.2 Å². The van der Waals surface area contributed by atoms with Crippen LogP contribution in [0.1, 0.15) is 70.9 Å². The first-order chi connectivity index (χ1) is 14.9. The largest absolute Gasteiger partial charge is 0.463 e. The monoisotopic (exact) mass is 443 g/mol. The average molecular weight is 444 g/mol. The smallest absolute Gasteiger partial charge is 0.338 e. The summed E-state index contributed by atoms with van der Waals surface area (Å²) in [7, 11) is 0. The Kier molecular flexibility index (Phi) is 8.07. The number of ether oxygens (including phenoxy) is 1. The van der Waals surface area contributed by atoms with E-state index >= 15 is 0 Å². The Bertz CT molecular complexity index is 861. The number of amides is 1. The standard InChI is InChI=1S/C24H33N3O3S/c1-4-27-16(3)21(23(29)30-5-2)22(26-24(27)31)18-11-8-12-19(15-18)25-20(28)14-13-17-9-6-7-10-17/h8,11-12,15,17,22H,4-7,9-10,13-14H2,1-3H3,(H,25,28)(H,26,31). The zero-order valence-electron chi connectivity index (χ0n) is 18.7. The molecule has 168 valence electrons. The van der Waals surface area contributed by atoms with Gasteiger partial charge >= 0.3 is 5.97 Å². The Morgan fingerprint density at radius 2 is 2.00 bits per heavy atom. The number of carbonyl (C=O) groups is 2. The lowest BCUT2D eigenvalue weighted by molar-refractivity contribution is -0.139. The summed E-state index contributed by atoms with van der Waals surface area (Å²) in [5, 5.41) is 6.87. The molecule has 1 aliphatic heterocycles. The fourth-order valence-corrected chi connectivity index (χ4v) is 4.92. The highest BCUT2D eigenvalue weighted by Crippen LogP contribution is 2.33. The van der Waals surface area contributed by atoms with Crippen LogP contribution in [0, 0.1) is 5.92 Å². The zero-order valence-corrected chi connectivity index (χ0v) is 19.5. The van der Waals surface area contributed by atoms with Crippen LogP contribution >= 0.6 is 12.2 Å². The van der Waals surface area contributed by atoms with Crippen LogP contribution in [0.25, 0.3) is 0 Å². The quantitative estimate of drug-likeness (QED) is 0.449. The molecule has 0 aromatic heterocycles. The first-order valence-corrected chi connectivity index (χ1v) is 11.7. The summed E-state index contributed by atoms with van der Waals surface area (Å²) in [6, 6.07) is 7.17. The third kappa shape index (κ3) is 5.64. The van der Waals surface area contributed by atoms with Crippen molar-refractivity contribution in [3.05, 3.63) is 41.1 Å². The van der Waals surface area contributed by atoms with E-state index < -0.39 is 6.04 Å². The third-order valence-electron chi connectivity index (χ3n) is 6.17. The predicted octanol–water partition coefficient (Wildman–Crippen LogP) is 4.68. The first kappa shape index (κ1) is 23.3. The van der Waals surface area contributed by atoms with E-state index in [2.05, 4.69) is 10.6 Å². The number of allylic oxidation sites excluding steroid dienone is 1. The van der Waals surface area contributed by atoms with Gasteiger partial charge in [-0.15, -0.1) is 0 Å². The van der Waals surface area contributed by atoms with E-state index in [0.717, 1.165) is 23.4 Å². The number of rotatable bonds is 8. The minimum absolute atomic E-state index is 0.0330. The van der Waals surface area contributed by atoms with Gasteiger partial charge in [0.1, 0.15) is 0 Å². The lowest BCUT2D eigenvalue weighted by Crippen LogP contribution is -2.47. The Morgan fingerprint density at radius 3 is 2.68 bits per heavy atom. The van der Waals surface area contributed by atoms with Crippen molar-refractivity contribution in [2.75, 3.05) is 18.5 Å². The van der Waals surface area contributed by atoms with Crippen molar-refractivity contribution in [1.29, 1.82) is 0 Å². The summed E-state index contributed by atoms with van der Waals surface area (Å²) in [4.78, 5) is 27.1. The molecule has 0 saturated heterocycles. The van der Waals surface area contributed by atoms with E-state index in [9.17, 15) is 9.59 Å². The molecule has 1 aromatic rings. The highest BCUT2D eigenvalue weighted by molar-refractivity contribution is 7.80. The fourth-order valence-electron chi connectivity index (χ4n) is 4.54. The van der Waals surface area contributed by atoms with E-state index in [4.69, 9.17) is 17.0 Å². The minimum Gasteiger partial charge on any atom is -0.463 e. The van der Waals surface area contributed by atoms with Gasteiger partial charge in [-0.1, -0.05) is 37.8 Å². The Hall–Kier alpha value is -2.41. The molecule has 7 heteroatoms. The molecule has 3 rings (SSSR count). The van der Waals surface area contributed by atoms with E-state index in [0.29, 0.717) is 36.2 Å².